The number of rotatable bonds is 5. The van der Waals surface area contributed by atoms with Gasteiger partial charge in [-0.25, -0.2) is 9.78 Å². The molecule has 0 aliphatic carbocycles. The maximum absolute atomic E-state index is 12.5. The number of hydrogen-bond donors (Lipinski definition) is 1. The van der Waals surface area contributed by atoms with E-state index in [-0.39, 0.29) is 23.8 Å². The van der Waals surface area contributed by atoms with Crippen LogP contribution in [0.25, 0.3) is 11.5 Å². The minimum absolute atomic E-state index is 0.0164. The third kappa shape index (κ3) is 4.72. The van der Waals surface area contributed by atoms with Gasteiger partial charge in [-0.2, -0.15) is 18.2 Å². The molecule has 12 heteroatoms. The predicted molar refractivity (Wildman–Crippen MR) is 87.1 cm³/mol. The molecule has 0 atom stereocenters. The molecule has 0 aliphatic heterocycles. The molecule has 0 spiro atoms. The molecule has 0 aromatic carbocycles. The number of nitrogens with one attached hydrogen (secondary N) is 1. The Kier molecular flexibility index (Phi) is 5.38. The number of hydrogen-bond acceptors (Lipinski definition) is 8. The molecule has 1 N–H and O–H groups in total. The molecule has 146 valence electrons. The van der Waals surface area contributed by atoms with E-state index in [1.807, 2.05) is 0 Å². The van der Waals surface area contributed by atoms with Crippen LogP contribution in [0.4, 0.5) is 23.7 Å². The van der Waals surface area contributed by atoms with Crippen molar-refractivity contribution < 1.29 is 32.0 Å². The second kappa shape index (κ2) is 7.90. The van der Waals surface area contributed by atoms with Crippen molar-refractivity contribution in [2.75, 3.05) is 12.4 Å². The van der Waals surface area contributed by atoms with Crippen LogP contribution in [0.1, 0.15) is 11.5 Å². The van der Waals surface area contributed by atoms with E-state index in [1.165, 1.54) is 31.6 Å². The van der Waals surface area contributed by atoms with Crippen molar-refractivity contribution in [1.29, 1.82) is 0 Å². The summed E-state index contributed by atoms with van der Waals surface area (Å²) in [5, 5.41) is 5.65. The highest BCUT2D eigenvalue weighted by molar-refractivity contribution is 5.84. The van der Waals surface area contributed by atoms with Gasteiger partial charge in [0.1, 0.15) is 12.3 Å². The molecule has 0 saturated heterocycles. The van der Waals surface area contributed by atoms with E-state index in [0.29, 0.717) is 11.4 Å². The van der Waals surface area contributed by atoms with Crippen molar-refractivity contribution in [1.82, 2.24) is 20.1 Å². The van der Waals surface area contributed by atoms with Gasteiger partial charge in [-0.3, -0.25) is 10.3 Å². The third-order valence-electron chi connectivity index (χ3n) is 3.28. The largest absolute Gasteiger partial charge is 0.481 e. The standard InChI is InChI=1S/C16H12F3N5O4/c1-26-12-5-2-9(6-21-12)8-27-15(25)22-10-3-4-11(20-7-10)13-23-14(28-24-13)16(17,18)19/h2-7H,8H2,1H3,(H,22,25). The van der Waals surface area contributed by atoms with Crippen molar-refractivity contribution in [3.05, 3.63) is 48.1 Å². The number of carbonyl (C=O) groups excluding carboxylic acids is 1. The Balaban J connectivity index is 1.56. The zero-order valence-corrected chi connectivity index (χ0v) is 14.2. The van der Waals surface area contributed by atoms with Gasteiger partial charge in [0, 0.05) is 17.8 Å². The van der Waals surface area contributed by atoms with Crippen LogP contribution in [0.2, 0.25) is 0 Å². The maximum atomic E-state index is 12.5. The topological polar surface area (TPSA) is 112 Å². The number of amides is 1. The first-order valence-electron chi connectivity index (χ1n) is 7.65. The number of ether oxygens (including phenoxy) is 2. The average molecular weight is 395 g/mol. The molecule has 0 fully saturated rings. The van der Waals surface area contributed by atoms with Gasteiger partial charge in [0.2, 0.25) is 11.7 Å². The Morgan fingerprint density at radius 3 is 2.57 bits per heavy atom. The lowest BCUT2D eigenvalue weighted by atomic mass is 10.3. The highest BCUT2D eigenvalue weighted by Gasteiger charge is 2.38. The number of nitrogens with zero attached hydrogens (tertiary/aromatic N) is 4. The SMILES string of the molecule is COc1ccc(COC(=O)Nc2ccc(-c3noc(C(F)(F)F)n3)nc2)cn1. The molecule has 1 amide bonds. The first kappa shape index (κ1) is 19.1. The Bertz CT molecular complexity index is 942. The Morgan fingerprint density at radius 2 is 2.00 bits per heavy atom. The first-order valence-corrected chi connectivity index (χ1v) is 7.65. The summed E-state index contributed by atoms with van der Waals surface area (Å²) in [5.74, 6) is -1.36. The summed E-state index contributed by atoms with van der Waals surface area (Å²) >= 11 is 0. The van der Waals surface area contributed by atoms with Gasteiger partial charge < -0.3 is 14.0 Å². The summed E-state index contributed by atoms with van der Waals surface area (Å²) < 4.78 is 51.5. The van der Waals surface area contributed by atoms with Gasteiger partial charge in [0.25, 0.3) is 0 Å². The molecule has 3 rings (SSSR count). The molecule has 0 bridgehead atoms. The Labute approximate surface area is 155 Å². The van der Waals surface area contributed by atoms with Crippen LogP contribution in [0.3, 0.4) is 0 Å². The van der Waals surface area contributed by atoms with E-state index in [4.69, 9.17) is 9.47 Å². The molecule has 28 heavy (non-hydrogen) atoms. The Hall–Kier alpha value is -3.70. The minimum atomic E-state index is -4.74. The fraction of sp³-hybridized carbons (Fsp3) is 0.188. The number of aromatic nitrogens is 4. The van der Waals surface area contributed by atoms with Crippen LogP contribution >= 0.6 is 0 Å². The van der Waals surface area contributed by atoms with Gasteiger partial charge in [-0.1, -0.05) is 5.16 Å². The van der Waals surface area contributed by atoms with Crippen molar-refractivity contribution >= 4 is 11.8 Å². The molecule has 3 heterocycles. The molecule has 0 aliphatic rings. The fourth-order valence-electron chi connectivity index (χ4n) is 1.96. The lowest BCUT2D eigenvalue weighted by molar-refractivity contribution is -0.159. The zero-order valence-electron chi connectivity index (χ0n) is 14.2. The van der Waals surface area contributed by atoms with E-state index < -0.39 is 18.2 Å². The lowest BCUT2D eigenvalue weighted by Crippen LogP contribution is -2.13. The van der Waals surface area contributed by atoms with E-state index in [0.717, 1.165) is 0 Å². The number of carbonyl (C=O) groups is 1. The molecule has 0 saturated carbocycles. The third-order valence-corrected chi connectivity index (χ3v) is 3.28. The summed E-state index contributed by atoms with van der Waals surface area (Å²) in [4.78, 5) is 22.9. The highest BCUT2D eigenvalue weighted by Crippen LogP contribution is 2.29. The predicted octanol–water partition coefficient (Wildman–Crippen LogP) is 3.30. The molecule has 3 aromatic rings. The number of anilines is 1. The smallest absolute Gasteiger partial charge is 0.471 e. The van der Waals surface area contributed by atoms with Crippen LogP contribution in [0, 0.1) is 0 Å². The van der Waals surface area contributed by atoms with Gasteiger partial charge in [-0.15, -0.1) is 0 Å². The first-order chi connectivity index (χ1) is 13.3. The molecular weight excluding hydrogens is 383 g/mol. The normalized spacial score (nSPS) is 11.1. The molecule has 0 radical (unpaired) electrons. The van der Waals surface area contributed by atoms with Crippen LogP contribution in [0.5, 0.6) is 5.88 Å². The van der Waals surface area contributed by atoms with Gasteiger partial charge in [-0.05, 0) is 18.2 Å². The number of halogens is 3. The van der Waals surface area contributed by atoms with Gasteiger partial charge in [0.15, 0.2) is 0 Å². The zero-order chi connectivity index (χ0) is 20.1. The van der Waals surface area contributed by atoms with Gasteiger partial charge >= 0.3 is 18.2 Å². The average Bonchev–Trinajstić information content (AvgIpc) is 3.18. The number of methoxy groups -OCH3 is 1. The second-order valence-corrected chi connectivity index (χ2v) is 5.26. The van der Waals surface area contributed by atoms with Crippen LogP contribution in [-0.2, 0) is 17.5 Å². The summed E-state index contributed by atoms with van der Waals surface area (Å²) in [6.45, 7) is -0.0164. The van der Waals surface area contributed by atoms with Crippen molar-refractivity contribution in [2.24, 2.45) is 0 Å². The maximum Gasteiger partial charge on any atom is 0.471 e. The second-order valence-electron chi connectivity index (χ2n) is 5.26. The van der Waals surface area contributed by atoms with Crippen molar-refractivity contribution in [3.8, 4) is 17.4 Å². The summed E-state index contributed by atoms with van der Waals surface area (Å²) in [6, 6.07) is 6.05. The highest BCUT2D eigenvalue weighted by atomic mass is 19.4. The quantitative estimate of drug-likeness (QED) is 0.700. The summed E-state index contributed by atoms with van der Waals surface area (Å²) in [7, 11) is 1.49. The molecular formula is C16H12F3N5O4. The number of alkyl halides is 3. The van der Waals surface area contributed by atoms with Crippen molar-refractivity contribution in [2.45, 2.75) is 12.8 Å². The van der Waals surface area contributed by atoms with Crippen LogP contribution in [-0.4, -0.2) is 33.3 Å². The number of pyridine rings is 2. The van der Waals surface area contributed by atoms with E-state index in [2.05, 4.69) is 29.9 Å². The molecule has 0 unspecified atom stereocenters. The summed E-state index contributed by atoms with van der Waals surface area (Å²) in [6.07, 6.45) is -2.77. The van der Waals surface area contributed by atoms with E-state index in [9.17, 15) is 18.0 Å². The van der Waals surface area contributed by atoms with E-state index in [1.54, 1.807) is 12.1 Å². The monoisotopic (exact) mass is 395 g/mol. The van der Waals surface area contributed by atoms with Crippen LogP contribution in [0.15, 0.2) is 41.2 Å². The van der Waals surface area contributed by atoms with Gasteiger partial charge in [0.05, 0.1) is 19.0 Å². The fourth-order valence-corrected chi connectivity index (χ4v) is 1.96. The summed E-state index contributed by atoms with van der Waals surface area (Å²) in [5.41, 5.74) is 0.964. The minimum Gasteiger partial charge on any atom is -0.481 e. The Morgan fingerprint density at radius 1 is 1.18 bits per heavy atom. The lowest BCUT2D eigenvalue weighted by Gasteiger charge is -2.07. The van der Waals surface area contributed by atoms with E-state index >= 15 is 0 Å². The molecule has 3 aromatic heterocycles. The molecule has 9 nitrogen and oxygen atoms in total. The van der Waals surface area contributed by atoms with Crippen LogP contribution < -0.4 is 10.1 Å². The van der Waals surface area contributed by atoms with Crippen molar-refractivity contribution in [3.63, 3.8) is 0 Å².